The van der Waals surface area contributed by atoms with Gasteiger partial charge in [0.15, 0.2) is 0 Å². The maximum Gasteiger partial charge on any atom is 0.261 e. The number of rotatable bonds is 5. The van der Waals surface area contributed by atoms with E-state index in [-0.39, 0.29) is 5.57 Å². The summed E-state index contributed by atoms with van der Waals surface area (Å²) < 4.78 is 0. The van der Waals surface area contributed by atoms with Crippen LogP contribution in [0, 0.1) is 11.3 Å². The first-order valence-corrected chi connectivity index (χ1v) is 9.54. The number of carbonyl (C=O) groups excluding carboxylic acids is 1. The minimum absolute atomic E-state index is 0.0455. The SMILES string of the molecule is CNC(=O)/C(C#N)=C/c1cccc(-c2cnc3[nH]cc(-c4cncc(NC)n4)c3c2)c1. The summed E-state index contributed by atoms with van der Waals surface area (Å²) in [7, 11) is 3.29. The lowest BCUT2D eigenvalue weighted by molar-refractivity contribution is -0.116. The zero-order valence-electron chi connectivity index (χ0n) is 17.0. The predicted molar refractivity (Wildman–Crippen MR) is 120 cm³/mol. The number of aromatic nitrogens is 4. The molecule has 0 bridgehead atoms. The summed E-state index contributed by atoms with van der Waals surface area (Å²) in [6.45, 7) is 0. The third kappa shape index (κ3) is 3.97. The van der Waals surface area contributed by atoms with Gasteiger partial charge < -0.3 is 15.6 Å². The molecule has 0 saturated carbocycles. The van der Waals surface area contributed by atoms with E-state index in [1.54, 1.807) is 31.7 Å². The molecule has 152 valence electrons. The topological polar surface area (TPSA) is 119 Å². The first kappa shape index (κ1) is 19.8. The van der Waals surface area contributed by atoms with Crippen LogP contribution in [-0.2, 0) is 4.79 Å². The molecular weight excluding hydrogens is 390 g/mol. The van der Waals surface area contributed by atoms with Crippen molar-refractivity contribution in [2.45, 2.75) is 0 Å². The molecule has 4 rings (SSSR count). The summed E-state index contributed by atoms with van der Waals surface area (Å²) in [4.78, 5) is 28.3. The molecule has 4 aromatic rings. The first-order valence-electron chi connectivity index (χ1n) is 9.54. The zero-order valence-corrected chi connectivity index (χ0v) is 17.0. The maximum atomic E-state index is 11.8. The van der Waals surface area contributed by atoms with Crippen LogP contribution in [0.1, 0.15) is 5.56 Å². The largest absolute Gasteiger partial charge is 0.372 e. The number of pyridine rings is 1. The highest BCUT2D eigenvalue weighted by Gasteiger charge is 2.12. The molecule has 0 aliphatic rings. The second-order valence-electron chi connectivity index (χ2n) is 6.74. The fraction of sp³-hybridized carbons (Fsp3) is 0.0870. The Morgan fingerprint density at radius 1 is 1.16 bits per heavy atom. The molecule has 0 spiro atoms. The molecule has 0 radical (unpaired) electrons. The standard InChI is InChI=1S/C23H19N7O/c1-25-21-13-27-12-20(30-21)19-11-29-22-18(19)8-17(10-28-22)15-5-3-4-14(6-15)7-16(9-24)23(31)26-2/h3-8,10-13H,1-2H3,(H,25,30)(H,26,31)(H,28,29)/b16-7+. The van der Waals surface area contributed by atoms with Gasteiger partial charge in [-0.1, -0.05) is 18.2 Å². The first-order chi connectivity index (χ1) is 15.1. The van der Waals surface area contributed by atoms with Crippen LogP contribution < -0.4 is 10.6 Å². The Hall–Kier alpha value is -4.51. The van der Waals surface area contributed by atoms with Crippen molar-refractivity contribution >= 4 is 28.8 Å². The van der Waals surface area contributed by atoms with E-state index in [4.69, 9.17) is 0 Å². The molecule has 0 aliphatic heterocycles. The fourth-order valence-electron chi connectivity index (χ4n) is 3.25. The van der Waals surface area contributed by atoms with Gasteiger partial charge in [-0.05, 0) is 29.3 Å². The summed E-state index contributed by atoms with van der Waals surface area (Å²) in [5, 5.41) is 15.6. The molecule has 3 aromatic heterocycles. The van der Waals surface area contributed by atoms with Crippen LogP contribution in [-0.4, -0.2) is 39.9 Å². The van der Waals surface area contributed by atoms with Crippen LogP contribution in [0.5, 0.6) is 0 Å². The molecule has 3 heterocycles. The second-order valence-corrected chi connectivity index (χ2v) is 6.74. The molecule has 8 nitrogen and oxygen atoms in total. The summed E-state index contributed by atoms with van der Waals surface area (Å²) in [5.74, 6) is 0.262. The summed E-state index contributed by atoms with van der Waals surface area (Å²) in [6.07, 6.45) is 8.59. The molecule has 1 amide bonds. The minimum atomic E-state index is -0.419. The molecule has 1 aromatic carbocycles. The molecule has 8 heteroatoms. The Morgan fingerprint density at radius 2 is 2.03 bits per heavy atom. The Labute approximate surface area is 178 Å². The van der Waals surface area contributed by atoms with Gasteiger partial charge in [0.1, 0.15) is 23.1 Å². The van der Waals surface area contributed by atoms with Crippen molar-refractivity contribution in [1.82, 2.24) is 25.3 Å². The average molecular weight is 409 g/mol. The van der Waals surface area contributed by atoms with E-state index in [2.05, 4.69) is 30.6 Å². The molecule has 31 heavy (non-hydrogen) atoms. The predicted octanol–water partition coefficient (Wildman–Crippen LogP) is 3.38. The summed E-state index contributed by atoms with van der Waals surface area (Å²) in [6, 6.07) is 11.6. The van der Waals surface area contributed by atoms with Crippen molar-refractivity contribution in [3.63, 3.8) is 0 Å². The van der Waals surface area contributed by atoms with Crippen molar-refractivity contribution in [1.29, 1.82) is 5.26 Å². The number of aromatic amines is 1. The van der Waals surface area contributed by atoms with E-state index in [0.717, 1.165) is 39.0 Å². The molecule has 0 unspecified atom stereocenters. The minimum Gasteiger partial charge on any atom is -0.372 e. The van der Waals surface area contributed by atoms with Crippen LogP contribution in [0.4, 0.5) is 5.82 Å². The maximum absolute atomic E-state index is 11.8. The van der Waals surface area contributed by atoms with Gasteiger partial charge >= 0.3 is 0 Å². The Morgan fingerprint density at radius 3 is 2.81 bits per heavy atom. The zero-order chi connectivity index (χ0) is 21.8. The highest BCUT2D eigenvalue weighted by Crippen LogP contribution is 2.30. The van der Waals surface area contributed by atoms with Crippen molar-refractivity contribution in [2.75, 3.05) is 19.4 Å². The number of hydrogen-bond donors (Lipinski definition) is 3. The third-order valence-corrected chi connectivity index (χ3v) is 4.82. The van der Waals surface area contributed by atoms with Crippen LogP contribution >= 0.6 is 0 Å². The number of hydrogen-bond acceptors (Lipinski definition) is 6. The molecule has 0 atom stereocenters. The lowest BCUT2D eigenvalue weighted by Gasteiger charge is -2.06. The van der Waals surface area contributed by atoms with Gasteiger partial charge in [-0.2, -0.15) is 5.26 Å². The Bertz CT molecular complexity index is 1350. The highest BCUT2D eigenvalue weighted by atomic mass is 16.1. The quantitative estimate of drug-likeness (QED) is 0.343. The van der Waals surface area contributed by atoms with Crippen molar-refractivity contribution in [2.24, 2.45) is 0 Å². The number of carbonyl (C=O) groups is 1. The van der Waals surface area contributed by atoms with Gasteiger partial charge in [0.2, 0.25) is 0 Å². The van der Waals surface area contributed by atoms with E-state index >= 15 is 0 Å². The number of amides is 1. The molecule has 0 aliphatic carbocycles. The monoisotopic (exact) mass is 409 g/mol. The number of H-pyrrole nitrogens is 1. The van der Waals surface area contributed by atoms with E-state index in [9.17, 15) is 10.1 Å². The molecule has 0 fully saturated rings. The van der Waals surface area contributed by atoms with Gasteiger partial charge in [0, 0.05) is 43.0 Å². The van der Waals surface area contributed by atoms with E-state index in [1.807, 2.05) is 42.6 Å². The van der Waals surface area contributed by atoms with Gasteiger partial charge in [-0.15, -0.1) is 0 Å². The van der Waals surface area contributed by atoms with E-state index in [0.29, 0.717) is 5.82 Å². The van der Waals surface area contributed by atoms with Gasteiger partial charge in [-0.3, -0.25) is 9.78 Å². The van der Waals surface area contributed by atoms with Crippen LogP contribution in [0.3, 0.4) is 0 Å². The average Bonchev–Trinajstić information content (AvgIpc) is 3.25. The Kier molecular flexibility index (Phi) is 5.41. The van der Waals surface area contributed by atoms with E-state index < -0.39 is 5.91 Å². The van der Waals surface area contributed by atoms with Gasteiger partial charge in [0.05, 0.1) is 18.1 Å². The second kappa shape index (κ2) is 8.47. The van der Waals surface area contributed by atoms with Crippen molar-refractivity contribution < 1.29 is 4.79 Å². The third-order valence-electron chi connectivity index (χ3n) is 4.82. The smallest absolute Gasteiger partial charge is 0.261 e. The molecule has 0 saturated heterocycles. The fourth-order valence-corrected chi connectivity index (χ4v) is 3.25. The lowest BCUT2D eigenvalue weighted by atomic mass is 10.0. The number of likely N-dealkylation sites (N-methyl/N-ethyl adjacent to an activating group) is 1. The molecule has 3 N–H and O–H groups in total. The van der Waals surface area contributed by atoms with Crippen LogP contribution in [0.2, 0.25) is 0 Å². The number of nitrogens with zero attached hydrogens (tertiary/aromatic N) is 4. The number of anilines is 1. The number of fused-ring (bicyclic) bond motifs is 1. The number of nitriles is 1. The Balaban J connectivity index is 1.77. The van der Waals surface area contributed by atoms with Crippen molar-refractivity contribution in [3.8, 4) is 28.5 Å². The highest BCUT2D eigenvalue weighted by molar-refractivity contribution is 6.01. The van der Waals surface area contributed by atoms with Crippen molar-refractivity contribution in [3.05, 3.63) is 66.3 Å². The van der Waals surface area contributed by atoms with Crippen LogP contribution in [0.25, 0.3) is 39.5 Å². The van der Waals surface area contributed by atoms with E-state index in [1.165, 1.54) is 7.05 Å². The lowest BCUT2D eigenvalue weighted by Crippen LogP contribution is -2.19. The molecular formula is C23H19N7O. The van der Waals surface area contributed by atoms with Gasteiger partial charge in [0.25, 0.3) is 5.91 Å². The van der Waals surface area contributed by atoms with Gasteiger partial charge in [-0.25, -0.2) is 9.97 Å². The summed E-state index contributed by atoms with van der Waals surface area (Å²) >= 11 is 0. The number of nitrogens with one attached hydrogen (secondary N) is 3. The number of benzene rings is 1. The summed E-state index contributed by atoms with van der Waals surface area (Å²) in [5.41, 5.74) is 5.00. The normalized spacial score (nSPS) is 11.2. The van der Waals surface area contributed by atoms with Crippen LogP contribution in [0.15, 0.2) is 60.7 Å².